The van der Waals surface area contributed by atoms with E-state index >= 15 is 0 Å². The Hall–Kier alpha value is -3.78. The summed E-state index contributed by atoms with van der Waals surface area (Å²) in [7, 11) is 5.55. The third kappa shape index (κ3) is 5.52. The number of carbonyl (C=O) groups excluding carboxylic acids is 1. The molecule has 4 aromatic rings. The van der Waals surface area contributed by atoms with Crippen LogP contribution in [0.3, 0.4) is 0 Å². The molecule has 5 rings (SSSR count). The fraction of sp³-hybridized carbons (Fsp3) is 0.480. The highest BCUT2D eigenvalue weighted by Crippen LogP contribution is 2.36. The Kier molecular flexibility index (Phi) is 7.16. The molecule has 0 spiro atoms. The Morgan fingerprint density at radius 3 is 2.56 bits per heavy atom. The smallest absolute Gasteiger partial charge is 0.343 e. The lowest BCUT2D eigenvalue weighted by molar-refractivity contribution is -0.136. The van der Waals surface area contributed by atoms with Crippen LogP contribution in [0.5, 0.6) is 0 Å². The van der Waals surface area contributed by atoms with Gasteiger partial charge in [-0.3, -0.25) is 14.4 Å². The number of piperazine rings is 1. The minimum atomic E-state index is -4.63. The lowest BCUT2D eigenvalue weighted by Gasteiger charge is -2.33. The van der Waals surface area contributed by atoms with Crippen molar-refractivity contribution >= 4 is 28.4 Å². The Morgan fingerprint density at radius 1 is 1.15 bits per heavy atom. The van der Waals surface area contributed by atoms with Crippen molar-refractivity contribution in [1.82, 2.24) is 44.1 Å². The maximum Gasteiger partial charge on any atom is 0.418 e. The van der Waals surface area contributed by atoms with Gasteiger partial charge in [-0.05, 0) is 26.1 Å². The molecule has 1 atom stereocenters. The Labute approximate surface area is 223 Å². The van der Waals surface area contributed by atoms with Crippen LogP contribution in [-0.4, -0.2) is 109 Å². The van der Waals surface area contributed by atoms with E-state index in [1.807, 2.05) is 0 Å². The lowest BCUT2D eigenvalue weighted by atomic mass is 10.1. The third-order valence-corrected chi connectivity index (χ3v) is 7.01. The molecule has 1 aliphatic heterocycles. The largest absolute Gasteiger partial charge is 0.418 e. The minimum absolute atomic E-state index is 0.00911. The molecule has 1 fully saturated rings. The second kappa shape index (κ2) is 10.4. The number of alkyl halides is 3. The fourth-order valence-electron chi connectivity index (χ4n) is 4.67. The van der Waals surface area contributed by atoms with Crippen molar-refractivity contribution in [3.63, 3.8) is 0 Å². The first-order chi connectivity index (χ1) is 18.5. The van der Waals surface area contributed by atoms with Crippen molar-refractivity contribution in [2.45, 2.75) is 19.1 Å². The van der Waals surface area contributed by atoms with Gasteiger partial charge in [0.1, 0.15) is 6.04 Å². The summed E-state index contributed by atoms with van der Waals surface area (Å²) in [4.78, 5) is 28.2. The zero-order valence-electron chi connectivity index (χ0n) is 22.3. The van der Waals surface area contributed by atoms with Crippen molar-refractivity contribution < 1.29 is 18.0 Å². The quantitative estimate of drug-likeness (QED) is 0.378. The maximum absolute atomic E-state index is 13.9. The van der Waals surface area contributed by atoms with Gasteiger partial charge in [0.2, 0.25) is 11.9 Å². The molecular formula is C25H31F3N10O. The Morgan fingerprint density at radius 2 is 1.90 bits per heavy atom. The molecule has 0 saturated carbocycles. The van der Waals surface area contributed by atoms with Crippen LogP contribution >= 0.6 is 0 Å². The van der Waals surface area contributed by atoms with Crippen LogP contribution in [0.1, 0.15) is 12.5 Å². The molecule has 1 saturated heterocycles. The van der Waals surface area contributed by atoms with E-state index in [4.69, 9.17) is 0 Å². The summed E-state index contributed by atoms with van der Waals surface area (Å²) in [6.45, 7) is 6.78. The van der Waals surface area contributed by atoms with Crippen LogP contribution < -0.4 is 5.32 Å². The Bertz CT molecular complexity index is 1490. The van der Waals surface area contributed by atoms with Crippen LogP contribution in [0, 0.1) is 0 Å². The lowest BCUT2D eigenvalue weighted by Crippen LogP contribution is -2.48. The van der Waals surface area contributed by atoms with Crippen molar-refractivity contribution in [3.8, 4) is 11.4 Å². The van der Waals surface area contributed by atoms with Crippen molar-refractivity contribution in [1.29, 1.82) is 0 Å². The van der Waals surface area contributed by atoms with E-state index in [2.05, 4.69) is 42.3 Å². The molecule has 1 aromatic carbocycles. The predicted molar refractivity (Wildman–Crippen MR) is 140 cm³/mol. The van der Waals surface area contributed by atoms with E-state index in [0.717, 1.165) is 38.8 Å². The van der Waals surface area contributed by atoms with Crippen LogP contribution in [0.15, 0.2) is 30.6 Å². The molecule has 1 amide bonds. The average molecular weight is 545 g/mol. The molecule has 1 aliphatic rings. The topological polar surface area (TPSA) is 99.7 Å². The number of fused-ring (bicyclic) bond motifs is 3. The second-order valence-corrected chi connectivity index (χ2v) is 9.98. The number of nitrogens with zero attached hydrogens (tertiary/aromatic N) is 9. The van der Waals surface area contributed by atoms with Gasteiger partial charge in [0.25, 0.3) is 0 Å². The molecular weight excluding hydrogens is 513 g/mol. The van der Waals surface area contributed by atoms with E-state index in [1.165, 1.54) is 16.6 Å². The summed E-state index contributed by atoms with van der Waals surface area (Å²) in [5, 5.41) is 11.8. The molecule has 4 heterocycles. The molecule has 3 aromatic heterocycles. The van der Waals surface area contributed by atoms with Crippen LogP contribution in [0.2, 0.25) is 0 Å². The maximum atomic E-state index is 13.9. The van der Waals surface area contributed by atoms with Gasteiger partial charge in [-0.2, -0.15) is 22.8 Å². The number of aryl methyl sites for hydroxylation is 1. The normalized spacial score (nSPS) is 16.2. The van der Waals surface area contributed by atoms with E-state index in [0.29, 0.717) is 12.1 Å². The number of halogens is 3. The summed E-state index contributed by atoms with van der Waals surface area (Å²) in [5.41, 5.74) is -0.372. The van der Waals surface area contributed by atoms with Crippen molar-refractivity contribution in [3.05, 3.63) is 36.2 Å². The molecule has 11 nitrogen and oxygen atoms in total. The predicted octanol–water partition coefficient (Wildman–Crippen LogP) is 2.20. The zero-order valence-corrected chi connectivity index (χ0v) is 22.3. The van der Waals surface area contributed by atoms with E-state index < -0.39 is 17.8 Å². The van der Waals surface area contributed by atoms with E-state index in [1.54, 1.807) is 43.0 Å². The van der Waals surface area contributed by atoms with Gasteiger partial charge in [-0.25, -0.2) is 9.97 Å². The van der Waals surface area contributed by atoms with Crippen LogP contribution in [0.4, 0.5) is 19.1 Å². The summed E-state index contributed by atoms with van der Waals surface area (Å²) < 4.78 is 44.6. The molecule has 0 aliphatic carbocycles. The molecule has 0 bridgehead atoms. The van der Waals surface area contributed by atoms with Gasteiger partial charge in [0.15, 0.2) is 11.5 Å². The van der Waals surface area contributed by atoms with E-state index in [9.17, 15) is 18.0 Å². The summed E-state index contributed by atoms with van der Waals surface area (Å²) in [6, 6.07) is 3.05. The second-order valence-electron chi connectivity index (χ2n) is 9.98. The monoisotopic (exact) mass is 544 g/mol. The number of amides is 1. The van der Waals surface area contributed by atoms with Crippen molar-refractivity contribution in [2.75, 3.05) is 58.7 Å². The number of anilines is 1. The zero-order chi connectivity index (χ0) is 27.9. The molecule has 14 heteroatoms. The molecule has 0 radical (unpaired) electrons. The number of hydrogen-bond donors (Lipinski definition) is 1. The summed E-state index contributed by atoms with van der Waals surface area (Å²) in [6.07, 6.45) is -1.35. The first-order valence-corrected chi connectivity index (χ1v) is 12.7. The van der Waals surface area contributed by atoms with Gasteiger partial charge < -0.3 is 15.1 Å². The SMILES string of the molecule is C[C@@H](Nc1nc2c(C(F)(F)F)cccc2c2nc(-c3cnn(C)c3)nn12)C(=O)N(C)CCN1CCN(C)CC1. The number of carbonyl (C=O) groups is 1. The van der Waals surface area contributed by atoms with Crippen LogP contribution in [0.25, 0.3) is 27.9 Å². The molecule has 1 N–H and O–H groups in total. The number of hydrogen-bond acceptors (Lipinski definition) is 8. The van der Waals surface area contributed by atoms with Gasteiger partial charge in [0.05, 0.1) is 22.8 Å². The third-order valence-electron chi connectivity index (χ3n) is 7.01. The Balaban J connectivity index is 1.46. The van der Waals surface area contributed by atoms with Gasteiger partial charge in [-0.1, -0.05) is 6.07 Å². The van der Waals surface area contributed by atoms with E-state index in [-0.39, 0.29) is 34.2 Å². The average Bonchev–Trinajstić information content (AvgIpc) is 3.54. The first-order valence-electron chi connectivity index (χ1n) is 12.7. The number of likely N-dealkylation sites (N-methyl/N-ethyl adjacent to an activating group) is 2. The van der Waals surface area contributed by atoms with Crippen LogP contribution in [-0.2, 0) is 18.0 Å². The van der Waals surface area contributed by atoms with Crippen molar-refractivity contribution in [2.24, 2.45) is 7.05 Å². The summed E-state index contributed by atoms with van der Waals surface area (Å²) >= 11 is 0. The molecule has 39 heavy (non-hydrogen) atoms. The summed E-state index contributed by atoms with van der Waals surface area (Å²) in [5.74, 6) is 0.0576. The number of aromatic nitrogens is 6. The highest BCUT2D eigenvalue weighted by Gasteiger charge is 2.34. The fourth-order valence-corrected chi connectivity index (χ4v) is 4.67. The number of benzene rings is 1. The minimum Gasteiger partial charge on any atom is -0.343 e. The van der Waals surface area contributed by atoms with Gasteiger partial charge in [-0.15, -0.1) is 5.10 Å². The highest BCUT2D eigenvalue weighted by molar-refractivity contribution is 5.95. The molecule has 208 valence electrons. The number of rotatable bonds is 7. The number of para-hydroxylation sites is 1. The van der Waals surface area contributed by atoms with Gasteiger partial charge >= 0.3 is 6.18 Å². The first kappa shape index (κ1) is 26.8. The number of nitrogens with one attached hydrogen (secondary N) is 1. The highest BCUT2D eigenvalue weighted by atomic mass is 19.4. The van der Waals surface area contributed by atoms with Gasteiger partial charge in [0, 0.05) is 64.9 Å². The standard InChI is InChI=1S/C25H31F3N10O/c1-16(23(39)35(3)10-13-37-11-8-34(2)9-12-37)30-24-31-20-18(6-5-7-19(20)25(26,27)28)22-32-21(33-38(22)24)17-14-29-36(4)15-17/h5-7,14-16H,8-13H2,1-4H3,(H,30,31)/t16-/m1/s1. The molecule has 0 unspecified atom stereocenters.